The number of alkyl carbamates (subject to hydrolysis) is 1. The molecule has 0 bridgehead atoms. The Morgan fingerprint density at radius 3 is 1.81 bits per heavy atom. The van der Waals surface area contributed by atoms with Crippen molar-refractivity contribution in [3.63, 3.8) is 0 Å². The second-order valence-electron chi connectivity index (χ2n) is 15.0. The van der Waals surface area contributed by atoms with Crippen LogP contribution in [0.3, 0.4) is 0 Å². The summed E-state index contributed by atoms with van der Waals surface area (Å²) in [6.07, 6.45) is 5.31. The minimum atomic E-state index is -0.949. The van der Waals surface area contributed by atoms with Gasteiger partial charge in [0.2, 0.25) is 5.91 Å². The van der Waals surface area contributed by atoms with E-state index in [1.807, 2.05) is 46.4 Å². The van der Waals surface area contributed by atoms with E-state index < -0.39 is 23.5 Å². The molecule has 2 heterocycles. The molecule has 0 unspecified atom stereocenters. The molecule has 12 heteroatoms. The number of esters is 1. The first-order valence-corrected chi connectivity index (χ1v) is 17.8. The molecule has 0 saturated carbocycles. The van der Waals surface area contributed by atoms with Gasteiger partial charge in [-0.1, -0.05) is 31.7 Å². The highest BCUT2D eigenvalue weighted by Crippen LogP contribution is 2.20. The number of carboxylic acid groups (broad SMARTS) is 1. The van der Waals surface area contributed by atoms with Crippen molar-refractivity contribution in [1.29, 1.82) is 0 Å². The smallest absolute Gasteiger partial charge is 0.407 e. The van der Waals surface area contributed by atoms with Crippen LogP contribution in [-0.4, -0.2) is 77.9 Å². The second-order valence-corrected chi connectivity index (χ2v) is 15.0. The Kier molecular flexibility index (Phi) is 20.1. The second kappa shape index (κ2) is 22.8. The number of piperidine rings is 2. The number of amides is 2. The van der Waals surface area contributed by atoms with E-state index in [0.29, 0.717) is 49.0 Å². The summed E-state index contributed by atoms with van der Waals surface area (Å²) >= 11 is 0. The summed E-state index contributed by atoms with van der Waals surface area (Å²) in [7, 11) is 0. The number of carboxylic acids is 1. The molecule has 0 radical (unpaired) electrons. The standard InChI is InChI=1S/C19H27FN2O3.C12H23NO2.C8H7FO2.CH4/c1-19(2,3)25-18(24)21-13-14-7-9-22(10-8-14)17(23)12-15-5-4-6-16(20)11-15;1-12(2,3)15-11(14)5-4-10-6-8-13-9-7-10;9-7-3-1-2-6(4-7)5-8(10)11;/h4-6,11,14H,7-10,12-13H2,1-3H3,(H,21,24);10,13H,4-9H2,1-3H3;1-4H,5H2,(H,10,11);1H4. The lowest BCUT2D eigenvalue weighted by Gasteiger charge is -2.32. The van der Waals surface area contributed by atoms with Crippen LogP contribution in [0, 0.1) is 23.5 Å². The number of benzene rings is 2. The number of carbonyl (C=O) groups excluding carboxylic acids is 3. The molecule has 4 rings (SSSR count). The number of likely N-dealkylation sites (tertiary alicyclic amines) is 1. The van der Waals surface area contributed by atoms with Crippen molar-refractivity contribution in [1.82, 2.24) is 15.5 Å². The molecule has 2 aromatic rings. The molecule has 0 aromatic heterocycles. The molecule has 0 atom stereocenters. The topological polar surface area (TPSA) is 134 Å². The minimum absolute atomic E-state index is 0. The van der Waals surface area contributed by atoms with E-state index >= 15 is 0 Å². The number of halogens is 2. The molecule has 2 aromatic carbocycles. The number of aliphatic carboxylic acids is 1. The third-order valence-corrected chi connectivity index (χ3v) is 8.03. The van der Waals surface area contributed by atoms with Gasteiger partial charge >= 0.3 is 18.0 Å². The van der Waals surface area contributed by atoms with E-state index in [9.17, 15) is 28.0 Å². The van der Waals surface area contributed by atoms with Crippen LogP contribution in [0.5, 0.6) is 0 Å². The lowest BCUT2D eigenvalue weighted by molar-refractivity contribution is -0.155. The summed E-state index contributed by atoms with van der Waals surface area (Å²) in [5, 5.41) is 14.5. The largest absolute Gasteiger partial charge is 0.481 e. The molecule has 2 saturated heterocycles. The van der Waals surface area contributed by atoms with E-state index in [1.54, 1.807) is 18.2 Å². The zero-order chi connectivity index (χ0) is 38.0. The van der Waals surface area contributed by atoms with Crippen LogP contribution in [0.1, 0.15) is 98.6 Å². The summed E-state index contributed by atoms with van der Waals surface area (Å²) in [5.41, 5.74) is 0.332. The Morgan fingerprint density at radius 2 is 1.33 bits per heavy atom. The van der Waals surface area contributed by atoms with Gasteiger partial charge in [0.05, 0.1) is 12.8 Å². The Balaban J connectivity index is 0.000000426. The molecule has 292 valence electrons. The highest BCUT2D eigenvalue weighted by molar-refractivity contribution is 5.78. The number of nitrogens with one attached hydrogen (secondary N) is 2. The van der Waals surface area contributed by atoms with E-state index in [0.717, 1.165) is 32.4 Å². The fourth-order valence-electron chi connectivity index (χ4n) is 5.57. The van der Waals surface area contributed by atoms with Crippen LogP contribution in [0.2, 0.25) is 0 Å². The molecule has 0 spiro atoms. The average Bonchev–Trinajstić information content (AvgIpc) is 3.02. The quantitative estimate of drug-likeness (QED) is 0.228. The van der Waals surface area contributed by atoms with Gasteiger partial charge in [-0.2, -0.15) is 0 Å². The number of hydrogen-bond donors (Lipinski definition) is 3. The van der Waals surface area contributed by atoms with Crippen LogP contribution in [0.25, 0.3) is 0 Å². The molecule has 2 aliphatic rings. The number of rotatable bonds is 9. The molecule has 2 amide bonds. The first-order valence-electron chi connectivity index (χ1n) is 17.8. The number of nitrogens with zero attached hydrogens (tertiary/aromatic N) is 1. The van der Waals surface area contributed by atoms with Gasteiger partial charge in [0, 0.05) is 26.1 Å². The van der Waals surface area contributed by atoms with Gasteiger partial charge in [0.15, 0.2) is 0 Å². The maximum Gasteiger partial charge on any atom is 0.407 e. The van der Waals surface area contributed by atoms with Crippen molar-refractivity contribution >= 4 is 23.9 Å². The summed E-state index contributed by atoms with van der Waals surface area (Å²) in [6, 6.07) is 11.7. The van der Waals surface area contributed by atoms with Gasteiger partial charge in [0.25, 0.3) is 0 Å². The predicted octanol–water partition coefficient (Wildman–Crippen LogP) is 7.33. The lowest BCUT2D eigenvalue weighted by atomic mass is 9.93. The SMILES string of the molecule is C.CC(C)(C)OC(=O)CCC1CCNCC1.CC(C)(C)OC(=O)NCC1CCN(C(=O)Cc2cccc(F)c2)CC1.O=C(O)Cc1cccc(F)c1. The molecule has 52 heavy (non-hydrogen) atoms. The highest BCUT2D eigenvalue weighted by atomic mass is 19.1. The van der Waals surface area contributed by atoms with Crippen molar-refractivity contribution < 1.29 is 42.5 Å². The molecule has 2 fully saturated rings. The van der Waals surface area contributed by atoms with Crippen molar-refractivity contribution in [3.8, 4) is 0 Å². The monoisotopic (exact) mass is 733 g/mol. The number of carbonyl (C=O) groups is 4. The van der Waals surface area contributed by atoms with Gasteiger partial charge in [-0.25, -0.2) is 13.6 Å². The van der Waals surface area contributed by atoms with Crippen molar-refractivity contribution in [2.24, 2.45) is 11.8 Å². The molecule has 3 N–H and O–H groups in total. The third-order valence-electron chi connectivity index (χ3n) is 8.03. The van der Waals surface area contributed by atoms with E-state index in [4.69, 9.17) is 14.6 Å². The van der Waals surface area contributed by atoms with Crippen LogP contribution < -0.4 is 10.6 Å². The minimum Gasteiger partial charge on any atom is -0.481 e. The van der Waals surface area contributed by atoms with Crippen molar-refractivity contribution in [3.05, 3.63) is 71.3 Å². The van der Waals surface area contributed by atoms with Gasteiger partial charge < -0.3 is 30.1 Å². The molecule has 2 aliphatic heterocycles. The third kappa shape index (κ3) is 21.3. The maximum absolute atomic E-state index is 13.2. The van der Waals surface area contributed by atoms with Crippen LogP contribution in [0.15, 0.2) is 48.5 Å². The lowest BCUT2D eigenvalue weighted by Crippen LogP contribution is -2.42. The van der Waals surface area contributed by atoms with Crippen LogP contribution in [-0.2, 0) is 36.7 Å². The molecule has 10 nitrogen and oxygen atoms in total. The van der Waals surface area contributed by atoms with Crippen LogP contribution in [0.4, 0.5) is 13.6 Å². The summed E-state index contributed by atoms with van der Waals surface area (Å²) < 4.78 is 36.1. The summed E-state index contributed by atoms with van der Waals surface area (Å²) in [4.78, 5) is 47.4. The summed E-state index contributed by atoms with van der Waals surface area (Å²) in [5.74, 6) is -0.661. The molecular weight excluding hydrogens is 672 g/mol. The first kappa shape index (κ1) is 46.0. The molecular formula is C40H61F2N3O7. The first-order chi connectivity index (χ1) is 23.9. The Bertz CT molecular complexity index is 1390. The Morgan fingerprint density at radius 1 is 0.808 bits per heavy atom. The zero-order valence-corrected chi connectivity index (χ0v) is 31.1. The van der Waals surface area contributed by atoms with Crippen molar-refractivity contribution in [2.45, 2.75) is 112 Å². The van der Waals surface area contributed by atoms with Gasteiger partial charge in [-0.05, 0) is 134 Å². The molecule has 0 aliphatic carbocycles. The van der Waals surface area contributed by atoms with Crippen molar-refractivity contribution in [2.75, 3.05) is 32.7 Å². The summed E-state index contributed by atoms with van der Waals surface area (Å²) in [6.45, 7) is 15.3. The van der Waals surface area contributed by atoms with E-state index in [-0.39, 0.29) is 43.6 Å². The zero-order valence-electron chi connectivity index (χ0n) is 31.1. The van der Waals surface area contributed by atoms with Gasteiger partial charge in [-0.3, -0.25) is 14.4 Å². The van der Waals surface area contributed by atoms with E-state index in [2.05, 4.69) is 10.6 Å². The van der Waals surface area contributed by atoms with E-state index in [1.165, 1.54) is 43.2 Å². The Hall–Kier alpha value is -4.06. The fourth-order valence-corrected chi connectivity index (χ4v) is 5.57. The van der Waals surface area contributed by atoms with Crippen LogP contribution >= 0.6 is 0 Å². The number of hydrogen-bond acceptors (Lipinski definition) is 7. The predicted molar refractivity (Wildman–Crippen MR) is 199 cm³/mol. The Labute approximate surface area is 309 Å². The normalized spacial score (nSPS) is 15.0. The van der Waals surface area contributed by atoms with Gasteiger partial charge in [-0.15, -0.1) is 0 Å². The maximum atomic E-state index is 13.2. The van der Waals surface area contributed by atoms with Gasteiger partial charge in [0.1, 0.15) is 22.8 Å². The number of ether oxygens (including phenoxy) is 2. The highest BCUT2D eigenvalue weighted by Gasteiger charge is 2.24. The average molecular weight is 734 g/mol. The fraction of sp³-hybridized carbons (Fsp3) is 0.600.